The number of anilines is 1. The minimum absolute atomic E-state index is 0.0266. The van der Waals surface area contributed by atoms with Gasteiger partial charge in [-0.25, -0.2) is 8.42 Å². The highest BCUT2D eigenvalue weighted by molar-refractivity contribution is 7.92. The van der Waals surface area contributed by atoms with Gasteiger partial charge in [0.15, 0.2) is 0 Å². The molecule has 0 fully saturated rings. The molecule has 2 aromatic rings. The minimum atomic E-state index is -5.29. The van der Waals surface area contributed by atoms with Crippen molar-refractivity contribution in [1.82, 2.24) is 0 Å². The third kappa shape index (κ3) is 3.38. The highest BCUT2D eigenvalue weighted by atomic mass is 32.2. The van der Waals surface area contributed by atoms with E-state index in [1.54, 1.807) is 11.3 Å². The van der Waals surface area contributed by atoms with Gasteiger partial charge in [0.1, 0.15) is 0 Å². The number of benzene rings is 1. The lowest BCUT2D eigenvalue weighted by molar-refractivity contribution is -0.0436. The molecule has 1 N–H and O–H groups in total. The number of halogens is 3. The van der Waals surface area contributed by atoms with Gasteiger partial charge in [-0.3, -0.25) is 0 Å². The lowest BCUT2D eigenvalue weighted by Crippen LogP contribution is -2.23. The van der Waals surface area contributed by atoms with Crippen LogP contribution in [0.2, 0.25) is 0 Å². The molecule has 0 saturated carbocycles. The first-order chi connectivity index (χ1) is 9.72. The average Bonchev–Trinajstić information content (AvgIpc) is 2.92. The Hall–Kier alpha value is -1.54. The normalized spacial score (nSPS) is 13.9. The first-order valence-electron chi connectivity index (χ1n) is 5.92. The van der Waals surface area contributed by atoms with Crippen LogP contribution < -0.4 is 5.32 Å². The van der Waals surface area contributed by atoms with Crippen LogP contribution in [0.4, 0.5) is 18.9 Å². The summed E-state index contributed by atoms with van der Waals surface area (Å²) in [5, 5.41) is 6.97. The van der Waals surface area contributed by atoms with E-state index in [0.717, 1.165) is 17.7 Å². The molecule has 1 atom stereocenters. The quantitative estimate of drug-likeness (QED) is 0.910. The molecule has 3 nitrogen and oxygen atoms in total. The second-order valence-corrected chi connectivity index (χ2v) is 7.12. The maximum atomic E-state index is 12.4. The summed E-state index contributed by atoms with van der Waals surface area (Å²) in [5.41, 5.74) is -3.69. The van der Waals surface area contributed by atoms with Crippen LogP contribution in [0.25, 0.3) is 0 Å². The highest BCUT2D eigenvalue weighted by Crippen LogP contribution is 2.31. The zero-order chi connectivity index (χ0) is 15.7. The lowest BCUT2D eigenvalue weighted by atomic mass is 10.2. The zero-order valence-corrected chi connectivity index (χ0v) is 12.5. The van der Waals surface area contributed by atoms with Gasteiger partial charge < -0.3 is 5.32 Å². The van der Waals surface area contributed by atoms with E-state index in [4.69, 9.17) is 0 Å². The Balaban J connectivity index is 2.17. The van der Waals surface area contributed by atoms with Crippen LogP contribution in [0.15, 0.2) is 46.0 Å². The molecule has 0 spiro atoms. The predicted octanol–water partition coefficient (Wildman–Crippen LogP) is 4.21. The molecular formula is C13H12F3NO2S2. The summed E-state index contributed by atoms with van der Waals surface area (Å²) in [6.45, 7) is 1.91. The second kappa shape index (κ2) is 5.69. The molecule has 2 rings (SSSR count). The summed E-state index contributed by atoms with van der Waals surface area (Å²) < 4.78 is 59.7. The standard InChI is InChI=1S/C13H12F3NO2S2/c1-9(10-6-7-20-8-10)17-11-2-4-12(5-3-11)21(18,19)13(14,15)16/h2-9,17H,1H3. The van der Waals surface area contributed by atoms with Crippen molar-refractivity contribution in [2.24, 2.45) is 0 Å². The molecule has 21 heavy (non-hydrogen) atoms. The first kappa shape index (κ1) is 15.8. The summed E-state index contributed by atoms with van der Waals surface area (Å²) in [4.78, 5) is -0.760. The van der Waals surface area contributed by atoms with Crippen molar-refractivity contribution in [1.29, 1.82) is 0 Å². The van der Waals surface area contributed by atoms with E-state index in [1.165, 1.54) is 12.1 Å². The summed E-state index contributed by atoms with van der Waals surface area (Å²) in [5.74, 6) is 0. The molecule has 1 heterocycles. The smallest absolute Gasteiger partial charge is 0.378 e. The van der Waals surface area contributed by atoms with Crippen molar-refractivity contribution >= 4 is 26.9 Å². The molecule has 0 aliphatic heterocycles. The monoisotopic (exact) mass is 335 g/mol. The van der Waals surface area contributed by atoms with Crippen LogP contribution in [-0.4, -0.2) is 13.9 Å². The number of alkyl halides is 3. The summed E-state index contributed by atoms with van der Waals surface area (Å²) in [6, 6.07) is 6.45. The fourth-order valence-corrected chi connectivity index (χ4v) is 3.23. The van der Waals surface area contributed by atoms with E-state index in [2.05, 4.69) is 5.32 Å². The van der Waals surface area contributed by atoms with Crippen molar-refractivity contribution in [3.05, 3.63) is 46.7 Å². The van der Waals surface area contributed by atoms with E-state index in [0.29, 0.717) is 5.69 Å². The molecule has 1 aromatic carbocycles. The Morgan fingerprint density at radius 3 is 2.24 bits per heavy atom. The summed E-state index contributed by atoms with van der Waals surface area (Å²) >= 11 is 1.54. The number of sulfone groups is 1. The van der Waals surface area contributed by atoms with Gasteiger partial charge in [-0.2, -0.15) is 24.5 Å². The third-order valence-corrected chi connectivity index (χ3v) is 5.10. The molecule has 0 aliphatic rings. The van der Waals surface area contributed by atoms with E-state index in [9.17, 15) is 21.6 Å². The molecule has 8 heteroatoms. The molecule has 0 saturated heterocycles. The van der Waals surface area contributed by atoms with Crippen LogP contribution in [0.1, 0.15) is 18.5 Å². The van der Waals surface area contributed by atoms with Gasteiger partial charge in [-0.05, 0) is 53.6 Å². The highest BCUT2D eigenvalue weighted by Gasteiger charge is 2.46. The van der Waals surface area contributed by atoms with Gasteiger partial charge in [-0.15, -0.1) is 0 Å². The number of hydrogen-bond acceptors (Lipinski definition) is 4. The lowest BCUT2D eigenvalue weighted by Gasteiger charge is -2.15. The fourth-order valence-electron chi connectivity index (χ4n) is 1.72. The van der Waals surface area contributed by atoms with E-state index in [-0.39, 0.29) is 6.04 Å². The molecule has 0 bridgehead atoms. The van der Waals surface area contributed by atoms with Crippen molar-refractivity contribution in [2.75, 3.05) is 5.32 Å². The van der Waals surface area contributed by atoms with Gasteiger partial charge >= 0.3 is 5.51 Å². The molecule has 0 radical (unpaired) electrons. The predicted molar refractivity (Wildman–Crippen MR) is 76.0 cm³/mol. The van der Waals surface area contributed by atoms with E-state index in [1.807, 2.05) is 23.8 Å². The Kier molecular flexibility index (Phi) is 4.29. The van der Waals surface area contributed by atoms with Crippen LogP contribution in [-0.2, 0) is 9.84 Å². The minimum Gasteiger partial charge on any atom is -0.378 e. The Bertz CT molecular complexity index is 692. The van der Waals surface area contributed by atoms with Crippen LogP contribution in [0.3, 0.4) is 0 Å². The van der Waals surface area contributed by atoms with Gasteiger partial charge in [0.2, 0.25) is 0 Å². The topological polar surface area (TPSA) is 46.2 Å². The van der Waals surface area contributed by atoms with E-state index < -0.39 is 20.2 Å². The third-order valence-electron chi connectivity index (χ3n) is 2.90. The average molecular weight is 335 g/mol. The largest absolute Gasteiger partial charge is 0.501 e. The first-order valence-corrected chi connectivity index (χ1v) is 8.34. The maximum absolute atomic E-state index is 12.4. The SMILES string of the molecule is CC(Nc1ccc(S(=O)(=O)C(F)(F)F)cc1)c1ccsc1. The van der Waals surface area contributed by atoms with Crippen molar-refractivity contribution in [3.63, 3.8) is 0 Å². The molecule has 114 valence electrons. The summed E-state index contributed by atoms with van der Waals surface area (Å²) in [6.07, 6.45) is 0. The van der Waals surface area contributed by atoms with Gasteiger partial charge in [0, 0.05) is 11.7 Å². The van der Waals surface area contributed by atoms with Crippen molar-refractivity contribution in [3.8, 4) is 0 Å². The van der Waals surface area contributed by atoms with Gasteiger partial charge in [0.05, 0.1) is 4.90 Å². The van der Waals surface area contributed by atoms with E-state index >= 15 is 0 Å². The Labute approximate surface area is 124 Å². The number of thiophene rings is 1. The molecule has 1 aromatic heterocycles. The number of hydrogen-bond donors (Lipinski definition) is 1. The van der Waals surface area contributed by atoms with Crippen molar-refractivity contribution < 1.29 is 21.6 Å². The molecular weight excluding hydrogens is 323 g/mol. The Morgan fingerprint density at radius 1 is 1.14 bits per heavy atom. The Morgan fingerprint density at radius 2 is 1.76 bits per heavy atom. The van der Waals surface area contributed by atoms with Crippen molar-refractivity contribution in [2.45, 2.75) is 23.4 Å². The molecule has 0 aliphatic carbocycles. The molecule has 1 unspecified atom stereocenters. The van der Waals surface area contributed by atoms with Gasteiger partial charge in [0.25, 0.3) is 9.84 Å². The van der Waals surface area contributed by atoms with Crippen LogP contribution in [0.5, 0.6) is 0 Å². The zero-order valence-electron chi connectivity index (χ0n) is 10.9. The summed E-state index contributed by atoms with van der Waals surface area (Å²) in [7, 11) is -5.29. The number of rotatable bonds is 4. The number of nitrogens with one attached hydrogen (secondary N) is 1. The second-order valence-electron chi connectivity index (χ2n) is 4.40. The maximum Gasteiger partial charge on any atom is 0.501 e. The van der Waals surface area contributed by atoms with Gasteiger partial charge in [-0.1, -0.05) is 0 Å². The van der Waals surface area contributed by atoms with Crippen LogP contribution in [0, 0.1) is 0 Å². The molecule has 0 amide bonds. The van der Waals surface area contributed by atoms with Crippen LogP contribution >= 0.6 is 11.3 Å². The fraction of sp³-hybridized carbons (Fsp3) is 0.231.